The maximum atomic E-state index is 12.4. The first-order chi connectivity index (χ1) is 9.83. The Labute approximate surface area is 128 Å². The molecule has 0 fully saturated rings. The van der Waals surface area contributed by atoms with Gasteiger partial charge in [0.05, 0.1) is 19.0 Å². The molecule has 0 saturated carbocycles. The number of rotatable bonds is 4. The number of hydrogen-bond acceptors (Lipinski definition) is 5. The summed E-state index contributed by atoms with van der Waals surface area (Å²) in [7, 11) is -2.46. The highest BCUT2D eigenvalue weighted by Crippen LogP contribution is 2.28. The van der Waals surface area contributed by atoms with E-state index in [1.165, 1.54) is 25.4 Å². The van der Waals surface area contributed by atoms with Crippen molar-refractivity contribution in [1.29, 1.82) is 0 Å². The standard InChI is InChI=1S/C13H14ClN3O3S/c1-8-5-10(7-16-13(8)14)17-21(18,19)12-6-9(15)3-4-11(12)20-2/h3-7,17H,15H2,1-2H3. The highest BCUT2D eigenvalue weighted by molar-refractivity contribution is 7.92. The number of sulfonamides is 1. The number of nitrogens with one attached hydrogen (secondary N) is 1. The van der Waals surface area contributed by atoms with Crippen LogP contribution in [0, 0.1) is 6.92 Å². The van der Waals surface area contributed by atoms with Crippen LogP contribution in [-0.2, 0) is 10.0 Å². The Hall–Kier alpha value is -1.99. The van der Waals surface area contributed by atoms with Crippen molar-refractivity contribution in [2.45, 2.75) is 11.8 Å². The molecule has 0 radical (unpaired) electrons. The Kier molecular flexibility index (Phi) is 4.24. The first kappa shape index (κ1) is 15.4. The Bertz CT molecular complexity index is 778. The first-order valence-corrected chi connectivity index (χ1v) is 7.78. The number of nitrogens with two attached hydrogens (primary N) is 1. The summed E-state index contributed by atoms with van der Waals surface area (Å²) in [5.74, 6) is 0.204. The Morgan fingerprint density at radius 1 is 1.33 bits per heavy atom. The van der Waals surface area contributed by atoms with E-state index in [0.717, 1.165) is 0 Å². The molecule has 21 heavy (non-hydrogen) atoms. The SMILES string of the molecule is COc1ccc(N)cc1S(=O)(=O)Nc1cnc(Cl)c(C)c1. The van der Waals surface area contributed by atoms with Crippen LogP contribution in [0.2, 0.25) is 5.15 Å². The van der Waals surface area contributed by atoms with Gasteiger partial charge in [-0.05, 0) is 36.8 Å². The van der Waals surface area contributed by atoms with Gasteiger partial charge in [0.2, 0.25) is 0 Å². The molecule has 0 aliphatic rings. The number of hydrogen-bond donors (Lipinski definition) is 2. The molecular formula is C13H14ClN3O3S. The fraction of sp³-hybridized carbons (Fsp3) is 0.154. The van der Waals surface area contributed by atoms with Crippen LogP contribution >= 0.6 is 11.6 Å². The number of aryl methyl sites for hydroxylation is 1. The van der Waals surface area contributed by atoms with E-state index in [1.807, 2.05) is 0 Å². The number of halogens is 1. The van der Waals surface area contributed by atoms with Crippen molar-refractivity contribution in [3.63, 3.8) is 0 Å². The number of methoxy groups -OCH3 is 1. The van der Waals surface area contributed by atoms with Crippen LogP contribution in [0.5, 0.6) is 5.75 Å². The smallest absolute Gasteiger partial charge is 0.265 e. The second-order valence-corrected chi connectivity index (χ2v) is 6.36. The molecule has 3 N–H and O–H groups in total. The lowest BCUT2D eigenvalue weighted by Gasteiger charge is -2.12. The molecule has 0 aliphatic carbocycles. The first-order valence-electron chi connectivity index (χ1n) is 5.92. The average molecular weight is 328 g/mol. The van der Waals surface area contributed by atoms with Crippen LogP contribution in [0.3, 0.4) is 0 Å². The predicted octanol–water partition coefficient (Wildman–Crippen LogP) is 2.44. The van der Waals surface area contributed by atoms with Crippen LogP contribution in [0.1, 0.15) is 5.56 Å². The summed E-state index contributed by atoms with van der Waals surface area (Å²) in [6.07, 6.45) is 1.34. The second-order valence-electron chi connectivity index (χ2n) is 4.35. The van der Waals surface area contributed by atoms with Crippen LogP contribution < -0.4 is 15.2 Å². The minimum absolute atomic E-state index is 0.0439. The van der Waals surface area contributed by atoms with E-state index in [2.05, 4.69) is 9.71 Å². The van der Waals surface area contributed by atoms with E-state index >= 15 is 0 Å². The van der Waals surface area contributed by atoms with Gasteiger partial charge in [-0.3, -0.25) is 4.72 Å². The number of nitrogens with zero attached hydrogens (tertiary/aromatic N) is 1. The summed E-state index contributed by atoms with van der Waals surface area (Å²) in [6.45, 7) is 1.73. The third-order valence-corrected chi connectivity index (χ3v) is 4.54. The van der Waals surface area contributed by atoms with E-state index in [9.17, 15) is 8.42 Å². The Balaban J connectivity index is 2.42. The van der Waals surface area contributed by atoms with Gasteiger partial charge in [-0.2, -0.15) is 0 Å². The minimum atomic E-state index is -3.85. The zero-order chi connectivity index (χ0) is 15.6. The van der Waals surface area contributed by atoms with Crippen molar-refractivity contribution in [2.24, 2.45) is 0 Å². The summed E-state index contributed by atoms with van der Waals surface area (Å²) < 4.78 is 32.3. The molecule has 0 spiro atoms. The van der Waals surface area contributed by atoms with Gasteiger partial charge in [-0.25, -0.2) is 13.4 Å². The van der Waals surface area contributed by atoms with Crippen LogP contribution in [0.15, 0.2) is 35.4 Å². The van der Waals surface area contributed by atoms with Gasteiger partial charge in [0.1, 0.15) is 15.8 Å². The maximum Gasteiger partial charge on any atom is 0.265 e. The summed E-state index contributed by atoms with van der Waals surface area (Å²) in [5, 5.41) is 0.319. The predicted molar refractivity (Wildman–Crippen MR) is 82.2 cm³/mol. The number of nitrogen functional groups attached to an aromatic ring is 1. The maximum absolute atomic E-state index is 12.4. The number of pyridine rings is 1. The molecule has 0 bridgehead atoms. The molecule has 6 nitrogen and oxygen atoms in total. The van der Waals surface area contributed by atoms with Gasteiger partial charge in [-0.15, -0.1) is 0 Å². The normalized spacial score (nSPS) is 11.2. The lowest BCUT2D eigenvalue weighted by Crippen LogP contribution is -2.14. The molecule has 1 aromatic heterocycles. The average Bonchev–Trinajstić information content (AvgIpc) is 2.42. The van der Waals surface area contributed by atoms with E-state index in [4.69, 9.17) is 22.1 Å². The molecule has 1 aromatic carbocycles. The third kappa shape index (κ3) is 3.37. The molecule has 112 valence electrons. The highest BCUT2D eigenvalue weighted by Gasteiger charge is 2.20. The summed E-state index contributed by atoms with van der Waals surface area (Å²) in [6, 6.07) is 5.98. The van der Waals surface area contributed by atoms with E-state index in [0.29, 0.717) is 22.1 Å². The number of anilines is 2. The van der Waals surface area contributed by atoms with Gasteiger partial charge in [0.15, 0.2) is 0 Å². The fourth-order valence-electron chi connectivity index (χ4n) is 1.73. The molecule has 1 heterocycles. The minimum Gasteiger partial charge on any atom is -0.495 e. The van der Waals surface area contributed by atoms with Crippen molar-refractivity contribution in [3.05, 3.63) is 41.2 Å². The van der Waals surface area contributed by atoms with Gasteiger partial charge in [0.25, 0.3) is 10.0 Å². The lowest BCUT2D eigenvalue weighted by molar-refractivity contribution is 0.403. The molecule has 8 heteroatoms. The zero-order valence-corrected chi connectivity index (χ0v) is 13.0. The largest absolute Gasteiger partial charge is 0.495 e. The van der Waals surface area contributed by atoms with Gasteiger partial charge in [0, 0.05) is 5.69 Å². The molecule has 0 amide bonds. The van der Waals surface area contributed by atoms with Crippen LogP contribution in [0.25, 0.3) is 0 Å². The van der Waals surface area contributed by atoms with Crippen molar-refractivity contribution in [2.75, 3.05) is 17.6 Å². The summed E-state index contributed by atoms with van der Waals surface area (Å²) in [4.78, 5) is 3.86. The van der Waals surface area contributed by atoms with Crippen molar-refractivity contribution < 1.29 is 13.2 Å². The Morgan fingerprint density at radius 2 is 2.05 bits per heavy atom. The van der Waals surface area contributed by atoms with Gasteiger partial charge in [-0.1, -0.05) is 11.6 Å². The molecule has 0 aliphatic heterocycles. The van der Waals surface area contributed by atoms with Gasteiger partial charge >= 0.3 is 0 Å². The van der Waals surface area contributed by atoms with Crippen LogP contribution in [0.4, 0.5) is 11.4 Å². The summed E-state index contributed by atoms with van der Waals surface area (Å²) in [5.41, 5.74) is 6.93. The zero-order valence-electron chi connectivity index (χ0n) is 11.4. The van der Waals surface area contributed by atoms with Gasteiger partial charge < -0.3 is 10.5 Å². The van der Waals surface area contributed by atoms with Crippen molar-refractivity contribution >= 4 is 33.0 Å². The monoisotopic (exact) mass is 327 g/mol. The fourth-order valence-corrected chi connectivity index (χ4v) is 3.07. The quantitative estimate of drug-likeness (QED) is 0.664. The number of ether oxygens (including phenoxy) is 1. The van der Waals surface area contributed by atoms with Crippen molar-refractivity contribution in [3.8, 4) is 5.75 Å². The molecule has 0 atom stereocenters. The lowest BCUT2D eigenvalue weighted by atomic mass is 10.3. The third-order valence-electron chi connectivity index (χ3n) is 2.74. The number of benzene rings is 1. The second kappa shape index (κ2) is 5.79. The van der Waals surface area contributed by atoms with Crippen LogP contribution in [-0.4, -0.2) is 20.5 Å². The molecule has 0 unspecified atom stereocenters. The van der Waals surface area contributed by atoms with E-state index in [1.54, 1.807) is 19.1 Å². The topological polar surface area (TPSA) is 94.3 Å². The molecule has 2 aromatic rings. The highest BCUT2D eigenvalue weighted by atomic mass is 35.5. The number of aromatic nitrogens is 1. The summed E-state index contributed by atoms with van der Waals surface area (Å²) >= 11 is 5.81. The Morgan fingerprint density at radius 3 is 2.67 bits per heavy atom. The molecule has 2 rings (SSSR count). The molecular weight excluding hydrogens is 314 g/mol. The van der Waals surface area contributed by atoms with E-state index in [-0.39, 0.29) is 10.6 Å². The van der Waals surface area contributed by atoms with Crippen molar-refractivity contribution in [1.82, 2.24) is 4.98 Å². The molecule has 0 saturated heterocycles. The van der Waals surface area contributed by atoms with E-state index < -0.39 is 10.0 Å².